The predicted octanol–water partition coefficient (Wildman–Crippen LogP) is 1.61. The molecule has 1 aliphatic heterocycles. The van der Waals surface area contributed by atoms with Gasteiger partial charge in [-0.3, -0.25) is 5.41 Å². The Kier molecular flexibility index (Phi) is 4.12. The van der Waals surface area contributed by atoms with Gasteiger partial charge in [-0.15, -0.1) is 9.89 Å². The molecule has 3 rings (SSSR count). The van der Waals surface area contributed by atoms with Crippen LogP contribution in [0, 0.1) is 22.3 Å². The maximum absolute atomic E-state index is 8.86. The number of rotatable bonds is 3. The van der Waals surface area contributed by atoms with E-state index >= 15 is 0 Å². The lowest BCUT2D eigenvalue weighted by Crippen LogP contribution is -2.39. The molecular formula is C15H15N7O. The summed E-state index contributed by atoms with van der Waals surface area (Å²) in [7, 11) is 0. The highest BCUT2D eigenvalue weighted by Gasteiger charge is 2.23. The van der Waals surface area contributed by atoms with Gasteiger partial charge in [-0.25, -0.2) is 0 Å². The number of hydrogen-bond donors (Lipinski definition) is 2. The molecule has 0 bridgehead atoms. The van der Waals surface area contributed by atoms with Crippen molar-refractivity contribution in [3.63, 3.8) is 0 Å². The van der Waals surface area contributed by atoms with Gasteiger partial charge in [0.2, 0.25) is 0 Å². The standard InChI is InChI=1S/C15H15N7O/c16-9-11-1-3-12(4-2-11)13-10-21(7-8-23-13)15-6-5-14(17)22(19-15)20-18/h1-6,13,17-18H,7-8,10H2. The molecule has 1 aliphatic rings. The lowest BCUT2D eigenvalue weighted by Gasteiger charge is -2.33. The topological polar surface area (TPSA) is 114 Å². The van der Waals surface area contributed by atoms with Crippen LogP contribution < -0.4 is 10.4 Å². The van der Waals surface area contributed by atoms with E-state index in [0.717, 1.165) is 10.4 Å². The minimum atomic E-state index is -0.115. The maximum Gasteiger partial charge on any atom is 0.168 e. The number of morpholine rings is 1. The van der Waals surface area contributed by atoms with Crippen molar-refractivity contribution < 1.29 is 4.74 Å². The first-order valence-electron chi connectivity index (χ1n) is 7.10. The Morgan fingerprint density at radius 2 is 2.04 bits per heavy atom. The molecule has 1 aromatic heterocycles. The van der Waals surface area contributed by atoms with Gasteiger partial charge in [0.05, 0.1) is 18.2 Å². The summed E-state index contributed by atoms with van der Waals surface area (Å²) in [6, 6.07) is 12.7. The summed E-state index contributed by atoms with van der Waals surface area (Å²) < 4.78 is 5.81. The van der Waals surface area contributed by atoms with Gasteiger partial charge >= 0.3 is 0 Å². The Bertz CT molecular complexity index is 806. The van der Waals surface area contributed by atoms with Gasteiger partial charge in [-0.1, -0.05) is 17.4 Å². The van der Waals surface area contributed by atoms with E-state index in [0.29, 0.717) is 31.1 Å². The molecule has 1 atom stereocenters. The lowest BCUT2D eigenvalue weighted by atomic mass is 10.1. The molecule has 0 amide bonds. The quantitative estimate of drug-likeness (QED) is 0.838. The van der Waals surface area contributed by atoms with E-state index in [1.165, 1.54) is 0 Å². The fourth-order valence-electron chi connectivity index (χ4n) is 2.48. The Labute approximate surface area is 132 Å². The van der Waals surface area contributed by atoms with Gasteiger partial charge in [0.25, 0.3) is 0 Å². The van der Waals surface area contributed by atoms with Crippen molar-refractivity contribution >= 4 is 5.82 Å². The second-order valence-electron chi connectivity index (χ2n) is 5.11. The summed E-state index contributed by atoms with van der Waals surface area (Å²) in [6.45, 7) is 1.83. The first kappa shape index (κ1) is 14.9. The molecule has 23 heavy (non-hydrogen) atoms. The zero-order valence-electron chi connectivity index (χ0n) is 12.3. The van der Waals surface area contributed by atoms with Crippen LogP contribution in [0.4, 0.5) is 5.82 Å². The van der Waals surface area contributed by atoms with Crippen molar-refractivity contribution in [2.75, 3.05) is 24.6 Å². The third kappa shape index (κ3) is 3.09. The fourth-order valence-corrected chi connectivity index (χ4v) is 2.48. The second-order valence-corrected chi connectivity index (χ2v) is 5.11. The molecule has 1 unspecified atom stereocenters. The summed E-state index contributed by atoms with van der Waals surface area (Å²) in [5, 5.41) is 23.8. The number of nitrogens with one attached hydrogen (secondary N) is 2. The van der Waals surface area contributed by atoms with Crippen LogP contribution in [-0.4, -0.2) is 29.6 Å². The second kappa shape index (κ2) is 6.37. The molecule has 0 radical (unpaired) electrons. The van der Waals surface area contributed by atoms with E-state index in [4.69, 9.17) is 20.9 Å². The number of aromatic nitrogens is 2. The maximum atomic E-state index is 8.86. The smallest absolute Gasteiger partial charge is 0.168 e. The van der Waals surface area contributed by atoms with Crippen molar-refractivity contribution in [1.29, 1.82) is 16.2 Å². The molecule has 8 heteroatoms. The van der Waals surface area contributed by atoms with Gasteiger partial charge in [-0.2, -0.15) is 10.8 Å². The highest BCUT2D eigenvalue weighted by molar-refractivity contribution is 5.39. The molecule has 1 fully saturated rings. The number of hydrogen-bond acceptors (Lipinski definition) is 7. The monoisotopic (exact) mass is 309 g/mol. The number of ether oxygens (including phenoxy) is 1. The molecule has 2 aromatic rings. The summed E-state index contributed by atoms with van der Waals surface area (Å²) in [5.74, 6) is 0.652. The zero-order chi connectivity index (χ0) is 16.2. The molecule has 1 saturated heterocycles. The van der Waals surface area contributed by atoms with Crippen molar-refractivity contribution in [2.45, 2.75) is 6.10 Å². The van der Waals surface area contributed by atoms with Crippen LogP contribution in [0.1, 0.15) is 17.2 Å². The van der Waals surface area contributed by atoms with E-state index in [9.17, 15) is 0 Å². The minimum Gasteiger partial charge on any atom is -0.370 e. The van der Waals surface area contributed by atoms with E-state index in [1.54, 1.807) is 24.3 Å². The lowest BCUT2D eigenvalue weighted by molar-refractivity contribution is 0.0394. The molecule has 116 valence electrons. The highest BCUT2D eigenvalue weighted by atomic mass is 16.5. The van der Waals surface area contributed by atoms with Crippen molar-refractivity contribution in [3.8, 4) is 6.07 Å². The number of nitriles is 1. The van der Waals surface area contributed by atoms with Crippen molar-refractivity contribution in [1.82, 2.24) is 9.89 Å². The molecule has 2 N–H and O–H groups in total. The Balaban J connectivity index is 1.81. The van der Waals surface area contributed by atoms with Crippen LogP contribution in [0.5, 0.6) is 0 Å². The van der Waals surface area contributed by atoms with Gasteiger partial charge < -0.3 is 9.64 Å². The molecule has 8 nitrogen and oxygen atoms in total. The van der Waals surface area contributed by atoms with Crippen LogP contribution >= 0.6 is 0 Å². The third-order valence-electron chi connectivity index (χ3n) is 3.70. The van der Waals surface area contributed by atoms with E-state index in [2.05, 4.69) is 16.4 Å². The first-order chi connectivity index (χ1) is 11.2. The van der Waals surface area contributed by atoms with Gasteiger partial charge in [0.15, 0.2) is 11.3 Å². The molecule has 1 aromatic carbocycles. The number of nitrogens with zero attached hydrogens (tertiary/aromatic N) is 5. The van der Waals surface area contributed by atoms with Crippen LogP contribution in [0.2, 0.25) is 0 Å². The van der Waals surface area contributed by atoms with E-state index in [1.807, 2.05) is 17.0 Å². The van der Waals surface area contributed by atoms with Crippen molar-refractivity contribution in [3.05, 3.63) is 53.0 Å². The number of anilines is 1. The van der Waals surface area contributed by atoms with Gasteiger partial charge in [-0.05, 0) is 29.8 Å². The minimum absolute atomic E-state index is 0.0562. The average Bonchev–Trinajstić information content (AvgIpc) is 2.62. The molecule has 0 spiro atoms. The molecule has 0 saturated carbocycles. The van der Waals surface area contributed by atoms with Crippen molar-refractivity contribution in [2.24, 2.45) is 5.22 Å². The first-order valence-corrected chi connectivity index (χ1v) is 7.10. The average molecular weight is 309 g/mol. The fraction of sp³-hybridized carbons (Fsp3) is 0.267. The van der Waals surface area contributed by atoms with Crippen LogP contribution in [0.15, 0.2) is 41.6 Å². The summed E-state index contributed by atoms with van der Waals surface area (Å²) in [5.41, 5.74) is 8.72. The van der Waals surface area contributed by atoms with Gasteiger partial charge in [0, 0.05) is 13.1 Å². The largest absolute Gasteiger partial charge is 0.370 e. The van der Waals surface area contributed by atoms with E-state index in [-0.39, 0.29) is 11.6 Å². The summed E-state index contributed by atoms with van der Waals surface area (Å²) in [4.78, 5) is 3.01. The Morgan fingerprint density at radius 3 is 2.74 bits per heavy atom. The highest BCUT2D eigenvalue weighted by Crippen LogP contribution is 2.24. The predicted molar refractivity (Wildman–Crippen MR) is 80.7 cm³/mol. The SMILES string of the molecule is N#Cc1ccc(C2CN(c3ccc(=N)n(N=N)n3)CCO2)cc1. The van der Waals surface area contributed by atoms with Gasteiger partial charge in [0.1, 0.15) is 6.10 Å². The molecule has 0 aliphatic carbocycles. The Morgan fingerprint density at radius 1 is 1.26 bits per heavy atom. The summed E-state index contributed by atoms with van der Waals surface area (Å²) >= 11 is 0. The molecule has 2 heterocycles. The van der Waals surface area contributed by atoms with Crippen LogP contribution in [-0.2, 0) is 4.74 Å². The van der Waals surface area contributed by atoms with Crippen LogP contribution in [0.25, 0.3) is 0 Å². The van der Waals surface area contributed by atoms with Crippen LogP contribution in [0.3, 0.4) is 0 Å². The zero-order valence-corrected chi connectivity index (χ0v) is 12.3. The normalized spacial score (nSPS) is 17.5. The Hall–Kier alpha value is -3.05. The molecular weight excluding hydrogens is 294 g/mol. The number of benzene rings is 1. The summed E-state index contributed by atoms with van der Waals surface area (Å²) in [6.07, 6.45) is -0.115. The third-order valence-corrected chi connectivity index (χ3v) is 3.70. The van der Waals surface area contributed by atoms with E-state index < -0.39 is 0 Å².